The maximum atomic E-state index is 12.3. The molecule has 0 bridgehead atoms. The molecule has 1 saturated heterocycles. The van der Waals surface area contributed by atoms with Gasteiger partial charge in [0.1, 0.15) is 6.04 Å². The molecular weight excluding hydrogens is 367 g/mol. The van der Waals surface area contributed by atoms with Crippen molar-refractivity contribution in [2.45, 2.75) is 83.5 Å². The quantitative estimate of drug-likeness (QED) is 0.686. The number of carbonyl (C=O) groups is 2. The molecule has 2 fully saturated rings. The predicted molar refractivity (Wildman–Crippen MR) is 114 cm³/mol. The number of nitrogens with two attached hydrogens (primary N) is 1. The third kappa shape index (κ3) is 5.20. The molecule has 29 heavy (non-hydrogen) atoms. The standard InChI is InChI=1S/C22H33BN2O4/c1-21(2)22(3,4)29-23(28-21)17-11-9-16(10-12-17)13-18(20(24)27)25-19(26)14-15-7-5-6-8-15/h9-12,15,18H,5-8,13-14H2,1-4H3,(H2,24,27)(H,25,26)/t18-/m1/s1. The Morgan fingerprint density at radius 2 is 1.66 bits per heavy atom. The van der Waals surface area contributed by atoms with Gasteiger partial charge >= 0.3 is 7.12 Å². The Bertz CT molecular complexity index is 726. The van der Waals surface area contributed by atoms with Crippen molar-refractivity contribution in [2.75, 3.05) is 0 Å². The topological polar surface area (TPSA) is 90.6 Å². The van der Waals surface area contributed by atoms with Gasteiger partial charge in [0.15, 0.2) is 0 Å². The number of hydrogen-bond acceptors (Lipinski definition) is 4. The molecule has 7 heteroatoms. The van der Waals surface area contributed by atoms with Crippen molar-refractivity contribution >= 4 is 24.4 Å². The van der Waals surface area contributed by atoms with Gasteiger partial charge in [-0.3, -0.25) is 9.59 Å². The molecule has 2 amide bonds. The Hall–Kier alpha value is -1.86. The first-order valence-electron chi connectivity index (χ1n) is 10.6. The molecule has 1 saturated carbocycles. The summed E-state index contributed by atoms with van der Waals surface area (Å²) in [6.07, 6.45) is 5.41. The van der Waals surface area contributed by atoms with E-state index in [9.17, 15) is 9.59 Å². The van der Waals surface area contributed by atoms with E-state index in [1.807, 2.05) is 52.0 Å². The molecule has 1 atom stereocenters. The van der Waals surface area contributed by atoms with Gasteiger partial charge < -0.3 is 20.4 Å². The van der Waals surface area contributed by atoms with Crippen molar-refractivity contribution < 1.29 is 18.9 Å². The molecule has 158 valence electrons. The van der Waals surface area contributed by atoms with Gasteiger partial charge in [-0.05, 0) is 57.5 Å². The molecular formula is C22H33BN2O4. The van der Waals surface area contributed by atoms with E-state index < -0.39 is 30.3 Å². The molecule has 1 heterocycles. The molecule has 1 aliphatic heterocycles. The Morgan fingerprint density at radius 1 is 1.10 bits per heavy atom. The minimum Gasteiger partial charge on any atom is -0.399 e. The van der Waals surface area contributed by atoms with Crippen LogP contribution in [0.1, 0.15) is 65.4 Å². The van der Waals surface area contributed by atoms with Crippen LogP contribution in [0, 0.1) is 5.92 Å². The number of hydrogen-bond donors (Lipinski definition) is 2. The zero-order valence-electron chi connectivity index (χ0n) is 18.0. The molecule has 0 spiro atoms. The van der Waals surface area contributed by atoms with Gasteiger partial charge in [-0.25, -0.2) is 0 Å². The van der Waals surface area contributed by atoms with E-state index in [1.54, 1.807) is 0 Å². The van der Waals surface area contributed by atoms with Crippen LogP contribution in [0.4, 0.5) is 0 Å². The Morgan fingerprint density at radius 3 is 2.17 bits per heavy atom. The molecule has 6 nitrogen and oxygen atoms in total. The van der Waals surface area contributed by atoms with Crippen LogP contribution in [-0.4, -0.2) is 36.2 Å². The maximum Gasteiger partial charge on any atom is 0.494 e. The fourth-order valence-corrected chi connectivity index (χ4v) is 3.98. The van der Waals surface area contributed by atoms with Gasteiger partial charge in [0.2, 0.25) is 11.8 Å². The second-order valence-electron chi connectivity index (χ2n) is 9.41. The first kappa shape index (κ1) is 21.8. The number of benzene rings is 1. The van der Waals surface area contributed by atoms with Gasteiger partial charge in [-0.1, -0.05) is 37.1 Å². The van der Waals surface area contributed by atoms with Crippen LogP contribution in [-0.2, 0) is 25.3 Å². The second kappa shape index (κ2) is 8.48. The van der Waals surface area contributed by atoms with Gasteiger partial charge in [-0.15, -0.1) is 0 Å². The van der Waals surface area contributed by atoms with Crippen LogP contribution >= 0.6 is 0 Å². The summed E-state index contributed by atoms with van der Waals surface area (Å²) in [4.78, 5) is 24.2. The highest BCUT2D eigenvalue weighted by Crippen LogP contribution is 2.36. The van der Waals surface area contributed by atoms with E-state index >= 15 is 0 Å². The maximum absolute atomic E-state index is 12.3. The lowest BCUT2D eigenvalue weighted by Crippen LogP contribution is -2.46. The minimum atomic E-state index is -0.702. The van der Waals surface area contributed by atoms with Crippen LogP contribution in [0.2, 0.25) is 0 Å². The Balaban J connectivity index is 1.59. The molecule has 3 rings (SSSR count). The zero-order valence-corrected chi connectivity index (χ0v) is 18.0. The van der Waals surface area contributed by atoms with Crippen LogP contribution in [0.25, 0.3) is 0 Å². The number of amides is 2. The molecule has 1 aromatic carbocycles. The highest BCUT2D eigenvalue weighted by atomic mass is 16.7. The lowest BCUT2D eigenvalue weighted by molar-refractivity contribution is -0.127. The Labute approximate surface area is 174 Å². The van der Waals surface area contributed by atoms with Crippen molar-refractivity contribution in [3.8, 4) is 0 Å². The average Bonchev–Trinajstić information content (AvgIpc) is 3.20. The Kier molecular flexibility index (Phi) is 6.39. The molecule has 0 aromatic heterocycles. The summed E-state index contributed by atoms with van der Waals surface area (Å²) in [5, 5.41) is 2.82. The third-order valence-corrected chi connectivity index (χ3v) is 6.57. The molecule has 0 radical (unpaired) electrons. The lowest BCUT2D eigenvalue weighted by atomic mass is 9.78. The van der Waals surface area contributed by atoms with E-state index in [2.05, 4.69) is 5.32 Å². The van der Waals surface area contributed by atoms with Crippen LogP contribution < -0.4 is 16.5 Å². The van der Waals surface area contributed by atoms with Crippen LogP contribution in [0.15, 0.2) is 24.3 Å². The van der Waals surface area contributed by atoms with Crippen molar-refractivity contribution in [1.82, 2.24) is 5.32 Å². The van der Waals surface area contributed by atoms with Crippen molar-refractivity contribution in [2.24, 2.45) is 11.7 Å². The summed E-state index contributed by atoms with van der Waals surface area (Å²) < 4.78 is 12.1. The predicted octanol–water partition coefficient (Wildman–Crippen LogP) is 2.08. The molecule has 0 unspecified atom stereocenters. The first-order chi connectivity index (χ1) is 13.6. The van der Waals surface area contributed by atoms with E-state index in [-0.39, 0.29) is 5.91 Å². The van der Waals surface area contributed by atoms with Crippen LogP contribution in [0.5, 0.6) is 0 Å². The highest BCUT2D eigenvalue weighted by molar-refractivity contribution is 6.62. The van der Waals surface area contributed by atoms with Crippen molar-refractivity contribution in [1.29, 1.82) is 0 Å². The van der Waals surface area contributed by atoms with Gasteiger partial charge in [-0.2, -0.15) is 0 Å². The monoisotopic (exact) mass is 400 g/mol. The van der Waals surface area contributed by atoms with Gasteiger partial charge in [0.25, 0.3) is 0 Å². The van der Waals surface area contributed by atoms with Gasteiger partial charge in [0, 0.05) is 12.8 Å². The van der Waals surface area contributed by atoms with Crippen molar-refractivity contribution in [3.05, 3.63) is 29.8 Å². The summed E-state index contributed by atoms with van der Waals surface area (Å²) in [6, 6.07) is 7.04. The number of primary amides is 1. The summed E-state index contributed by atoms with van der Waals surface area (Å²) >= 11 is 0. The molecule has 2 aliphatic rings. The summed E-state index contributed by atoms with van der Waals surface area (Å²) in [7, 11) is -0.424. The highest BCUT2D eigenvalue weighted by Gasteiger charge is 2.51. The average molecular weight is 400 g/mol. The van der Waals surface area contributed by atoms with Crippen molar-refractivity contribution in [3.63, 3.8) is 0 Å². The zero-order chi connectivity index (χ0) is 21.2. The van der Waals surface area contributed by atoms with E-state index in [1.165, 1.54) is 12.8 Å². The number of carbonyl (C=O) groups excluding carboxylic acids is 2. The summed E-state index contributed by atoms with van der Waals surface area (Å²) in [6.45, 7) is 8.08. The minimum absolute atomic E-state index is 0.0884. The second-order valence-corrected chi connectivity index (χ2v) is 9.41. The normalized spacial score (nSPS) is 21.9. The molecule has 1 aromatic rings. The van der Waals surface area contributed by atoms with Gasteiger partial charge in [0.05, 0.1) is 11.2 Å². The molecule has 1 aliphatic carbocycles. The summed E-state index contributed by atoms with van der Waals surface area (Å²) in [5.74, 6) is -0.169. The van der Waals surface area contributed by atoms with Crippen LogP contribution in [0.3, 0.4) is 0 Å². The van der Waals surface area contributed by atoms with E-state index in [4.69, 9.17) is 15.0 Å². The SMILES string of the molecule is CC1(C)OB(c2ccc(C[C@@H](NC(=O)CC3CCCC3)C(N)=O)cc2)OC1(C)C. The third-order valence-electron chi connectivity index (χ3n) is 6.57. The van der Waals surface area contributed by atoms with E-state index in [0.29, 0.717) is 18.8 Å². The smallest absolute Gasteiger partial charge is 0.399 e. The molecule has 3 N–H and O–H groups in total. The fourth-order valence-electron chi connectivity index (χ4n) is 3.98. The summed E-state index contributed by atoms with van der Waals surface area (Å²) in [5.41, 5.74) is 6.60. The fraction of sp³-hybridized carbons (Fsp3) is 0.636. The first-order valence-corrected chi connectivity index (χ1v) is 10.6. The number of rotatable bonds is 7. The lowest BCUT2D eigenvalue weighted by Gasteiger charge is -2.32. The largest absolute Gasteiger partial charge is 0.494 e. The number of nitrogens with one attached hydrogen (secondary N) is 1. The van der Waals surface area contributed by atoms with E-state index in [0.717, 1.165) is 23.9 Å².